The van der Waals surface area contributed by atoms with Gasteiger partial charge in [-0.2, -0.15) is 0 Å². The molecule has 0 amide bonds. The van der Waals surface area contributed by atoms with Crippen LogP contribution in [0.4, 0.5) is 5.82 Å². The van der Waals surface area contributed by atoms with Gasteiger partial charge in [-0.1, -0.05) is 33.8 Å². The molecule has 0 unspecified atom stereocenters. The molecule has 0 aliphatic carbocycles. The predicted octanol–water partition coefficient (Wildman–Crippen LogP) is 3.45. The molecule has 0 aliphatic heterocycles. The molecule has 0 bridgehead atoms. The normalized spacial score (nSPS) is 11.6. The minimum atomic E-state index is 0.481. The minimum Gasteiger partial charge on any atom is -0.354 e. The topological polar surface area (TPSA) is 28.2 Å². The van der Waals surface area contributed by atoms with E-state index in [1.165, 1.54) is 5.56 Å². The summed E-state index contributed by atoms with van der Waals surface area (Å²) >= 11 is 0. The van der Waals surface area contributed by atoms with Gasteiger partial charge < -0.3 is 10.2 Å². The van der Waals surface area contributed by atoms with E-state index in [0.717, 1.165) is 18.9 Å². The van der Waals surface area contributed by atoms with E-state index >= 15 is 0 Å². The predicted molar refractivity (Wildman–Crippen MR) is 83.5 cm³/mol. The van der Waals surface area contributed by atoms with E-state index in [1.54, 1.807) is 0 Å². The van der Waals surface area contributed by atoms with Crippen LogP contribution in [0, 0.1) is 5.92 Å². The van der Waals surface area contributed by atoms with Crippen molar-refractivity contribution in [2.24, 2.45) is 5.92 Å². The molecule has 3 heteroatoms. The van der Waals surface area contributed by atoms with Gasteiger partial charge in [-0.05, 0) is 31.4 Å². The van der Waals surface area contributed by atoms with Crippen LogP contribution in [0.5, 0.6) is 0 Å². The molecule has 0 aliphatic rings. The summed E-state index contributed by atoms with van der Waals surface area (Å²) in [6.07, 6.45) is 1.99. The molecule has 0 spiro atoms. The van der Waals surface area contributed by atoms with Crippen molar-refractivity contribution < 1.29 is 0 Å². The highest BCUT2D eigenvalue weighted by atomic mass is 15.2. The quantitative estimate of drug-likeness (QED) is 0.816. The second-order valence-electron chi connectivity index (χ2n) is 6.20. The van der Waals surface area contributed by atoms with Gasteiger partial charge in [-0.15, -0.1) is 0 Å². The molecule has 1 aromatic rings. The number of anilines is 1. The van der Waals surface area contributed by atoms with Crippen LogP contribution in [0.15, 0.2) is 18.3 Å². The summed E-state index contributed by atoms with van der Waals surface area (Å²) in [4.78, 5) is 6.98. The third-order valence-electron chi connectivity index (χ3n) is 3.00. The van der Waals surface area contributed by atoms with Crippen LogP contribution in [-0.4, -0.2) is 23.6 Å². The number of rotatable bonds is 7. The van der Waals surface area contributed by atoms with Crippen molar-refractivity contribution in [2.75, 3.05) is 11.4 Å². The Morgan fingerprint density at radius 2 is 1.79 bits per heavy atom. The maximum absolute atomic E-state index is 4.62. The van der Waals surface area contributed by atoms with E-state index < -0.39 is 0 Å². The van der Waals surface area contributed by atoms with E-state index in [4.69, 9.17) is 0 Å². The van der Waals surface area contributed by atoms with E-state index in [0.29, 0.717) is 18.0 Å². The van der Waals surface area contributed by atoms with Crippen molar-refractivity contribution in [3.8, 4) is 0 Å². The molecular weight excluding hydrogens is 234 g/mol. The third-order valence-corrected chi connectivity index (χ3v) is 3.00. The van der Waals surface area contributed by atoms with E-state index in [1.807, 2.05) is 6.20 Å². The highest BCUT2D eigenvalue weighted by Gasteiger charge is 2.13. The van der Waals surface area contributed by atoms with Gasteiger partial charge in [-0.3, -0.25) is 0 Å². The molecule has 0 aromatic carbocycles. The van der Waals surface area contributed by atoms with Gasteiger partial charge in [0.05, 0.1) is 0 Å². The standard InChI is InChI=1S/C16H29N3/c1-12(2)11-19(14(5)6)16-8-7-15(10-18-16)9-17-13(3)4/h7-8,10,12-14,17H,9,11H2,1-6H3. The fourth-order valence-electron chi connectivity index (χ4n) is 1.98. The summed E-state index contributed by atoms with van der Waals surface area (Å²) in [5, 5.41) is 3.41. The minimum absolute atomic E-state index is 0.481. The zero-order valence-corrected chi connectivity index (χ0v) is 13.3. The lowest BCUT2D eigenvalue weighted by molar-refractivity contribution is 0.565. The third kappa shape index (κ3) is 5.60. The van der Waals surface area contributed by atoms with Crippen LogP contribution in [0.25, 0.3) is 0 Å². The van der Waals surface area contributed by atoms with Crippen molar-refractivity contribution in [3.63, 3.8) is 0 Å². The number of aromatic nitrogens is 1. The first kappa shape index (κ1) is 16.0. The highest BCUT2D eigenvalue weighted by Crippen LogP contribution is 2.16. The summed E-state index contributed by atoms with van der Waals surface area (Å²) in [5.41, 5.74) is 1.24. The molecule has 1 rings (SSSR count). The molecule has 19 heavy (non-hydrogen) atoms. The SMILES string of the molecule is CC(C)CN(c1ccc(CNC(C)C)cn1)C(C)C. The molecule has 0 radical (unpaired) electrons. The molecule has 1 heterocycles. The molecular formula is C16H29N3. The molecule has 1 aromatic heterocycles. The first-order chi connectivity index (χ1) is 8.90. The summed E-state index contributed by atoms with van der Waals surface area (Å²) < 4.78 is 0. The van der Waals surface area contributed by atoms with Crippen LogP contribution in [0.2, 0.25) is 0 Å². The first-order valence-corrected chi connectivity index (χ1v) is 7.35. The van der Waals surface area contributed by atoms with Crippen molar-refractivity contribution in [3.05, 3.63) is 23.9 Å². The van der Waals surface area contributed by atoms with Crippen molar-refractivity contribution in [1.82, 2.24) is 10.3 Å². The van der Waals surface area contributed by atoms with Gasteiger partial charge in [-0.25, -0.2) is 4.98 Å². The largest absolute Gasteiger partial charge is 0.354 e. The van der Waals surface area contributed by atoms with Crippen molar-refractivity contribution >= 4 is 5.82 Å². The molecule has 0 saturated carbocycles. The van der Waals surface area contributed by atoms with Crippen LogP contribution in [-0.2, 0) is 6.54 Å². The number of hydrogen-bond donors (Lipinski definition) is 1. The van der Waals surface area contributed by atoms with Gasteiger partial charge in [0.25, 0.3) is 0 Å². The molecule has 108 valence electrons. The van der Waals surface area contributed by atoms with Gasteiger partial charge in [0, 0.05) is 31.4 Å². The first-order valence-electron chi connectivity index (χ1n) is 7.35. The summed E-state index contributed by atoms with van der Waals surface area (Å²) in [6.45, 7) is 15.2. The number of hydrogen-bond acceptors (Lipinski definition) is 3. The molecule has 0 saturated heterocycles. The van der Waals surface area contributed by atoms with Crippen LogP contribution in [0.1, 0.15) is 47.1 Å². The average Bonchev–Trinajstić information content (AvgIpc) is 2.33. The van der Waals surface area contributed by atoms with Gasteiger partial charge >= 0.3 is 0 Å². The van der Waals surface area contributed by atoms with Gasteiger partial charge in [0.1, 0.15) is 5.82 Å². The Labute approximate surface area is 118 Å². The molecule has 1 N–H and O–H groups in total. The molecule has 0 atom stereocenters. The van der Waals surface area contributed by atoms with Crippen LogP contribution in [0.3, 0.4) is 0 Å². The Morgan fingerprint density at radius 3 is 2.21 bits per heavy atom. The lowest BCUT2D eigenvalue weighted by Gasteiger charge is -2.29. The number of pyridine rings is 1. The average molecular weight is 263 g/mol. The van der Waals surface area contributed by atoms with Crippen molar-refractivity contribution in [2.45, 2.75) is 60.2 Å². The Balaban J connectivity index is 2.72. The zero-order valence-electron chi connectivity index (χ0n) is 13.3. The number of nitrogens with one attached hydrogen (secondary N) is 1. The lowest BCUT2D eigenvalue weighted by Crippen LogP contribution is -2.34. The Morgan fingerprint density at radius 1 is 1.11 bits per heavy atom. The summed E-state index contributed by atoms with van der Waals surface area (Å²) in [7, 11) is 0. The Bertz CT molecular complexity index is 355. The maximum atomic E-state index is 4.62. The lowest BCUT2D eigenvalue weighted by atomic mass is 10.1. The fraction of sp³-hybridized carbons (Fsp3) is 0.688. The number of nitrogens with zero attached hydrogens (tertiary/aromatic N) is 2. The van der Waals surface area contributed by atoms with E-state index in [-0.39, 0.29) is 0 Å². The van der Waals surface area contributed by atoms with Gasteiger partial charge in [0.15, 0.2) is 0 Å². The van der Waals surface area contributed by atoms with E-state index in [2.05, 4.69) is 68.9 Å². The Hall–Kier alpha value is -1.09. The summed E-state index contributed by atoms with van der Waals surface area (Å²) in [6, 6.07) is 5.30. The fourth-order valence-corrected chi connectivity index (χ4v) is 1.98. The van der Waals surface area contributed by atoms with Crippen LogP contribution < -0.4 is 10.2 Å². The highest BCUT2D eigenvalue weighted by molar-refractivity contribution is 5.40. The second kappa shape index (κ2) is 7.49. The van der Waals surface area contributed by atoms with Crippen LogP contribution >= 0.6 is 0 Å². The second-order valence-corrected chi connectivity index (χ2v) is 6.20. The smallest absolute Gasteiger partial charge is 0.128 e. The van der Waals surface area contributed by atoms with Gasteiger partial charge in [0.2, 0.25) is 0 Å². The summed E-state index contributed by atoms with van der Waals surface area (Å²) in [5.74, 6) is 1.73. The Kier molecular flexibility index (Phi) is 6.29. The van der Waals surface area contributed by atoms with E-state index in [9.17, 15) is 0 Å². The monoisotopic (exact) mass is 263 g/mol. The molecule has 0 fully saturated rings. The zero-order chi connectivity index (χ0) is 14.4. The molecule has 3 nitrogen and oxygen atoms in total. The van der Waals surface area contributed by atoms with Crippen molar-refractivity contribution in [1.29, 1.82) is 0 Å². The maximum Gasteiger partial charge on any atom is 0.128 e.